The third-order valence-corrected chi connectivity index (χ3v) is 14.6. The van der Waals surface area contributed by atoms with E-state index in [1.54, 1.807) is 48.5 Å². The standard InChI is InChI=1S/C48H84N2O17/c1-18-34-48(13,58)40(56)26(5)36(53)23(2)21-46(11,67-45-38(55)33(50(16)17)20-25(4)60-45)41(65-44-37(54)32(49(14)15)19-24(3)59-44)27(6)39(28(7)43(57)63-34)64-35-22-47(12,66-31(10)52)42(29(8)61-35)62-30(9)51/h23-29,32-35,37-42,44-45,54-56,58H,18-22H2,1-17H3. The lowest BCUT2D eigenvalue weighted by molar-refractivity contribution is -0.347. The van der Waals surface area contributed by atoms with Crippen LogP contribution in [0.4, 0.5) is 0 Å². The lowest BCUT2D eigenvalue weighted by Crippen LogP contribution is -2.63. The molecule has 0 aliphatic carbocycles. The van der Waals surface area contributed by atoms with Crippen LogP contribution in [0.15, 0.2) is 0 Å². The van der Waals surface area contributed by atoms with Crippen molar-refractivity contribution >= 4 is 23.7 Å². The number of nitrogens with zero attached hydrogens (tertiary/aromatic N) is 2. The van der Waals surface area contributed by atoms with Crippen molar-refractivity contribution in [1.82, 2.24) is 9.80 Å². The monoisotopic (exact) mass is 961 g/mol. The van der Waals surface area contributed by atoms with Gasteiger partial charge in [-0.2, -0.15) is 0 Å². The van der Waals surface area contributed by atoms with E-state index in [1.165, 1.54) is 27.7 Å². The van der Waals surface area contributed by atoms with E-state index in [4.69, 9.17) is 42.6 Å². The second-order valence-corrected chi connectivity index (χ2v) is 21.1. The summed E-state index contributed by atoms with van der Waals surface area (Å²) >= 11 is 0. The number of Topliss-reactive ketones (excluding diaryl/α,β-unsaturated/α-hetero) is 1. The summed E-state index contributed by atoms with van der Waals surface area (Å²) in [6, 6.07) is -0.816. The topological polar surface area (TPSA) is 239 Å². The number of ketones is 1. The Bertz CT molecular complexity index is 1680. The number of likely N-dealkylation sites (N-methyl/N-ethyl adjacent to an activating group) is 2. The van der Waals surface area contributed by atoms with Gasteiger partial charge in [-0.3, -0.25) is 19.2 Å². The van der Waals surface area contributed by atoms with Gasteiger partial charge in [0.15, 0.2) is 30.6 Å². The number of hydrogen-bond donors (Lipinski definition) is 4. The van der Waals surface area contributed by atoms with E-state index < -0.39 is 150 Å². The largest absolute Gasteiger partial charge is 0.459 e. The summed E-state index contributed by atoms with van der Waals surface area (Å²) in [6.07, 6.45) is -13.7. The summed E-state index contributed by atoms with van der Waals surface area (Å²) in [7, 11) is 7.36. The number of ether oxygens (including phenoxy) is 9. The molecule has 0 aromatic rings. The van der Waals surface area contributed by atoms with Crippen molar-refractivity contribution in [2.75, 3.05) is 28.2 Å². The van der Waals surface area contributed by atoms with Gasteiger partial charge in [-0.15, -0.1) is 0 Å². The summed E-state index contributed by atoms with van der Waals surface area (Å²) in [4.78, 5) is 58.0. The zero-order valence-corrected chi connectivity index (χ0v) is 43.0. The van der Waals surface area contributed by atoms with E-state index in [0.717, 1.165) is 0 Å². The molecule has 0 amide bonds. The number of rotatable bonds is 11. The highest BCUT2D eigenvalue weighted by Gasteiger charge is 2.57. The van der Waals surface area contributed by atoms with Gasteiger partial charge in [0, 0.05) is 50.1 Å². The van der Waals surface area contributed by atoms with E-state index in [-0.39, 0.29) is 25.4 Å². The number of aliphatic hydroxyl groups excluding tert-OH is 3. The Morgan fingerprint density at radius 1 is 0.731 bits per heavy atom. The Balaban J connectivity index is 2.01. The molecule has 4 N–H and O–H groups in total. The fourth-order valence-corrected chi connectivity index (χ4v) is 11.0. The maximum Gasteiger partial charge on any atom is 0.311 e. The van der Waals surface area contributed by atoms with E-state index in [2.05, 4.69) is 0 Å². The zero-order chi connectivity index (χ0) is 50.8. The van der Waals surface area contributed by atoms with Crippen LogP contribution < -0.4 is 0 Å². The molecule has 0 aromatic heterocycles. The molecule has 0 bridgehead atoms. The lowest BCUT2D eigenvalue weighted by Gasteiger charge is -2.52. The third-order valence-electron chi connectivity index (χ3n) is 14.6. The molecule has 19 heteroatoms. The summed E-state index contributed by atoms with van der Waals surface area (Å²) < 4.78 is 57.7. The normalized spacial score (nSPS) is 46.4. The molecule has 4 heterocycles. The van der Waals surface area contributed by atoms with E-state index >= 15 is 0 Å². The van der Waals surface area contributed by atoms with Crippen LogP contribution in [0.25, 0.3) is 0 Å². The van der Waals surface area contributed by atoms with Gasteiger partial charge in [0.2, 0.25) is 0 Å². The summed E-state index contributed by atoms with van der Waals surface area (Å²) in [5.74, 6) is -6.83. The minimum atomic E-state index is -2.10. The average Bonchev–Trinajstić information content (AvgIpc) is 3.21. The number of aliphatic hydroxyl groups is 4. The van der Waals surface area contributed by atoms with Gasteiger partial charge in [0.1, 0.15) is 29.7 Å². The van der Waals surface area contributed by atoms with Crippen molar-refractivity contribution in [2.24, 2.45) is 23.7 Å². The van der Waals surface area contributed by atoms with Crippen molar-refractivity contribution in [3.63, 3.8) is 0 Å². The Morgan fingerprint density at radius 3 is 1.78 bits per heavy atom. The molecule has 4 aliphatic rings. The predicted octanol–water partition coefficient (Wildman–Crippen LogP) is 2.72. The molecule has 4 aliphatic heterocycles. The first-order valence-electron chi connectivity index (χ1n) is 24.0. The maximum absolute atomic E-state index is 14.7. The molecule has 4 rings (SSSR count). The molecule has 22 atom stereocenters. The zero-order valence-electron chi connectivity index (χ0n) is 43.0. The minimum absolute atomic E-state index is 0.0669. The van der Waals surface area contributed by atoms with Crippen molar-refractivity contribution in [3.8, 4) is 0 Å². The van der Waals surface area contributed by atoms with Crippen LogP contribution in [-0.2, 0) is 61.8 Å². The van der Waals surface area contributed by atoms with Gasteiger partial charge >= 0.3 is 17.9 Å². The molecule has 0 saturated carbocycles. The highest BCUT2D eigenvalue weighted by molar-refractivity contribution is 5.83. The number of esters is 3. The molecule has 67 heavy (non-hydrogen) atoms. The molecule has 4 fully saturated rings. The van der Waals surface area contributed by atoms with Crippen LogP contribution in [-0.4, -0.2) is 191 Å². The Labute approximate surface area is 397 Å². The second kappa shape index (κ2) is 22.8. The molecule has 4 saturated heterocycles. The molecule has 0 aromatic carbocycles. The quantitative estimate of drug-likeness (QED) is 0.172. The molecule has 22 unspecified atom stereocenters. The van der Waals surface area contributed by atoms with E-state index in [0.29, 0.717) is 12.8 Å². The first-order valence-corrected chi connectivity index (χ1v) is 24.0. The van der Waals surface area contributed by atoms with Gasteiger partial charge in [0.05, 0.1) is 48.1 Å². The number of carbonyl (C=O) groups is 4. The molecule has 0 radical (unpaired) electrons. The van der Waals surface area contributed by atoms with Gasteiger partial charge in [-0.05, 0) is 102 Å². The Kier molecular flexibility index (Phi) is 19.4. The van der Waals surface area contributed by atoms with Gasteiger partial charge in [-0.1, -0.05) is 27.7 Å². The van der Waals surface area contributed by atoms with Crippen molar-refractivity contribution < 1.29 is 82.2 Å². The SMILES string of the molecule is CCC1OC(=O)C(C)C(OC2CC(C)(OC(C)=O)C(OC(C)=O)C(C)O2)C(C)C(OC2OC(C)CC(N(C)C)C2O)C(C)(OC2OC(C)CC(N(C)C)C2O)CC(C)C(=O)C(C)C(O)C1(C)O. The predicted molar refractivity (Wildman–Crippen MR) is 242 cm³/mol. The van der Waals surface area contributed by atoms with Gasteiger partial charge < -0.3 is 72.9 Å². The third kappa shape index (κ3) is 13.1. The van der Waals surface area contributed by atoms with Crippen LogP contribution in [0.3, 0.4) is 0 Å². The van der Waals surface area contributed by atoms with Crippen LogP contribution >= 0.6 is 0 Å². The molecule has 0 spiro atoms. The smallest absolute Gasteiger partial charge is 0.311 e. The lowest BCUT2D eigenvalue weighted by atomic mass is 9.73. The fraction of sp³-hybridized carbons (Fsp3) is 0.917. The molecular weight excluding hydrogens is 877 g/mol. The fourth-order valence-electron chi connectivity index (χ4n) is 11.0. The van der Waals surface area contributed by atoms with Gasteiger partial charge in [-0.25, -0.2) is 0 Å². The Morgan fingerprint density at radius 2 is 1.27 bits per heavy atom. The minimum Gasteiger partial charge on any atom is -0.459 e. The molecule has 19 nitrogen and oxygen atoms in total. The second-order valence-electron chi connectivity index (χ2n) is 21.1. The number of carbonyl (C=O) groups excluding carboxylic acids is 4. The maximum atomic E-state index is 14.7. The summed E-state index contributed by atoms with van der Waals surface area (Å²) in [5.41, 5.74) is -5.24. The van der Waals surface area contributed by atoms with Crippen LogP contribution in [0.1, 0.15) is 122 Å². The van der Waals surface area contributed by atoms with Gasteiger partial charge in [0.25, 0.3) is 0 Å². The van der Waals surface area contributed by atoms with E-state index in [1.807, 2.05) is 51.8 Å². The van der Waals surface area contributed by atoms with Crippen LogP contribution in [0.5, 0.6) is 0 Å². The summed E-state index contributed by atoms with van der Waals surface area (Å²) in [5, 5.41) is 47.7. The highest BCUT2D eigenvalue weighted by Crippen LogP contribution is 2.44. The molecule has 388 valence electrons. The summed E-state index contributed by atoms with van der Waals surface area (Å²) in [6.45, 7) is 20.6. The number of cyclic esters (lactones) is 1. The average molecular weight is 961 g/mol. The molecular formula is C48H84N2O17. The van der Waals surface area contributed by atoms with Crippen molar-refractivity contribution in [3.05, 3.63) is 0 Å². The van der Waals surface area contributed by atoms with Crippen molar-refractivity contribution in [1.29, 1.82) is 0 Å². The first-order chi connectivity index (χ1) is 30.9. The van der Waals surface area contributed by atoms with Crippen LogP contribution in [0, 0.1) is 23.7 Å². The van der Waals surface area contributed by atoms with Crippen molar-refractivity contribution in [2.45, 2.75) is 231 Å². The van der Waals surface area contributed by atoms with E-state index in [9.17, 15) is 39.6 Å². The van der Waals surface area contributed by atoms with Crippen LogP contribution in [0.2, 0.25) is 0 Å². The highest BCUT2D eigenvalue weighted by atomic mass is 16.7. The number of hydrogen-bond acceptors (Lipinski definition) is 19. The Hall–Kier alpha value is -2.40. The first kappa shape index (κ1) is 57.2.